The van der Waals surface area contributed by atoms with Crippen LogP contribution in [0.3, 0.4) is 0 Å². The number of fused-ring (bicyclic) bond motifs is 6. The van der Waals surface area contributed by atoms with E-state index in [1.54, 1.807) is 0 Å². The fraction of sp³-hybridized carbons (Fsp3) is 0.0870. The fourth-order valence-electron chi connectivity index (χ4n) is 7.12. The summed E-state index contributed by atoms with van der Waals surface area (Å²) in [5.41, 5.74) is 3.85. The molecule has 0 bridgehead atoms. The molecule has 0 fully saturated rings. The number of benzene rings is 8. The van der Waals surface area contributed by atoms with Gasteiger partial charge in [0.1, 0.15) is 11.3 Å². The molecule has 9 aromatic rings. The zero-order chi connectivity index (χ0) is 38.7. The molecule has 0 aliphatic carbocycles. The van der Waals surface area contributed by atoms with Crippen LogP contribution in [-0.4, -0.2) is 0 Å². The standard InChI is InChI=1S/C46H34O/c1-46(2,3)45-43(30-15-5-4-6-16-30)38-27-26-32(28-40(38)47-45)42-34-19-9-11-21-36(34)44(37-22-12-10-20-35(37)42)39-23-13-17-31-25-24-29-14-7-8-18-33(29)41(31)39/h4-28H,1-3H3/i9D,10D,11D,12D,19D,20D,21D,22D. The van der Waals surface area contributed by atoms with Crippen molar-refractivity contribution in [3.05, 3.63) is 157 Å². The molecule has 1 heterocycles. The maximum atomic E-state index is 9.47. The summed E-state index contributed by atoms with van der Waals surface area (Å²) in [5, 5.41) is 5.13. The van der Waals surface area contributed by atoms with Crippen molar-refractivity contribution in [3.8, 4) is 33.4 Å². The Morgan fingerprint density at radius 2 is 1.11 bits per heavy atom. The van der Waals surface area contributed by atoms with Crippen molar-refractivity contribution in [3.63, 3.8) is 0 Å². The van der Waals surface area contributed by atoms with Gasteiger partial charge in [-0.3, -0.25) is 0 Å². The van der Waals surface area contributed by atoms with Gasteiger partial charge in [0.25, 0.3) is 0 Å². The van der Waals surface area contributed by atoms with Gasteiger partial charge < -0.3 is 4.42 Å². The Balaban J connectivity index is 1.52. The second-order valence-corrected chi connectivity index (χ2v) is 13.1. The predicted molar refractivity (Wildman–Crippen MR) is 201 cm³/mol. The van der Waals surface area contributed by atoms with Crippen LogP contribution in [0.15, 0.2) is 156 Å². The monoisotopic (exact) mass is 610 g/mol. The van der Waals surface area contributed by atoms with E-state index >= 15 is 0 Å². The Labute approximate surface area is 286 Å². The minimum absolute atomic E-state index is 0.168. The van der Waals surface area contributed by atoms with E-state index in [-0.39, 0.29) is 56.7 Å². The van der Waals surface area contributed by atoms with Gasteiger partial charge in [-0.15, -0.1) is 0 Å². The highest BCUT2D eigenvalue weighted by Crippen LogP contribution is 2.48. The van der Waals surface area contributed by atoms with Crippen LogP contribution in [0.5, 0.6) is 0 Å². The van der Waals surface area contributed by atoms with Crippen LogP contribution in [0, 0.1) is 0 Å². The van der Waals surface area contributed by atoms with Crippen LogP contribution in [0.2, 0.25) is 0 Å². The van der Waals surface area contributed by atoms with E-state index in [9.17, 15) is 5.48 Å². The molecule has 0 N–H and O–H groups in total. The van der Waals surface area contributed by atoms with E-state index in [4.69, 9.17) is 9.90 Å². The summed E-state index contributed by atoms with van der Waals surface area (Å²) >= 11 is 0. The molecule has 224 valence electrons. The number of hydrogen-bond acceptors (Lipinski definition) is 1. The molecule has 0 radical (unpaired) electrons. The van der Waals surface area contributed by atoms with Gasteiger partial charge in [0.2, 0.25) is 0 Å². The third-order valence-electron chi connectivity index (χ3n) is 9.14. The van der Waals surface area contributed by atoms with Crippen molar-refractivity contribution < 1.29 is 15.4 Å². The van der Waals surface area contributed by atoms with E-state index in [0.29, 0.717) is 22.3 Å². The molecule has 9 rings (SSSR count). The smallest absolute Gasteiger partial charge is 0.135 e. The summed E-state index contributed by atoms with van der Waals surface area (Å²) in [4.78, 5) is 0. The molecular formula is C46H34O. The lowest BCUT2D eigenvalue weighted by atomic mass is 9.83. The Morgan fingerprint density at radius 1 is 0.489 bits per heavy atom. The summed E-state index contributed by atoms with van der Waals surface area (Å²) < 4.78 is 80.1. The minimum Gasteiger partial charge on any atom is -0.460 e. The maximum Gasteiger partial charge on any atom is 0.135 e. The van der Waals surface area contributed by atoms with Gasteiger partial charge in [-0.2, -0.15) is 0 Å². The number of rotatable bonds is 3. The second-order valence-electron chi connectivity index (χ2n) is 13.1. The molecule has 1 nitrogen and oxygen atoms in total. The molecular weight excluding hydrogens is 569 g/mol. The van der Waals surface area contributed by atoms with E-state index < -0.39 is 24.2 Å². The quantitative estimate of drug-likeness (QED) is 0.143. The van der Waals surface area contributed by atoms with Crippen LogP contribution in [0.1, 0.15) is 37.5 Å². The van der Waals surface area contributed by atoms with Gasteiger partial charge >= 0.3 is 0 Å². The first-order chi connectivity index (χ1) is 26.3. The molecule has 0 saturated carbocycles. The first-order valence-corrected chi connectivity index (χ1v) is 15.8. The maximum absolute atomic E-state index is 9.47. The average Bonchev–Trinajstić information content (AvgIpc) is 3.59. The van der Waals surface area contributed by atoms with E-state index in [1.165, 1.54) is 0 Å². The van der Waals surface area contributed by atoms with Crippen molar-refractivity contribution >= 4 is 54.1 Å². The first kappa shape index (κ1) is 20.5. The van der Waals surface area contributed by atoms with Crippen LogP contribution in [-0.2, 0) is 5.41 Å². The summed E-state index contributed by atoms with van der Waals surface area (Å²) in [7, 11) is 0. The van der Waals surface area contributed by atoms with E-state index in [2.05, 4.69) is 20.8 Å². The van der Waals surface area contributed by atoms with Crippen LogP contribution < -0.4 is 0 Å². The van der Waals surface area contributed by atoms with E-state index in [0.717, 1.165) is 43.8 Å². The molecule has 0 unspecified atom stereocenters. The molecule has 47 heavy (non-hydrogen) atoms. The summed E-state index contributed by atoms with van der Waals surface area (Å²) in [6, 6.07) is 30.3. The first-order valence-electron chi connectivity index (χ1n) is 19.8. The molecule has 1 aromatic heterocycles. The fourth-order valence-corrected chi connectivity index (χ4v) is 7.12. The largest absolute Gasteiger partial charge is 0.460 e. The van der Waals surface area contributed by atoms with Crippen LogP contribution >= 0.6 is 0 Å². The highest BCUT2D eigenvalue weighted by molar-refractivity contribution is 6.26. The van der Waals surface area contributed by atoms with Crippen LogP contribution in [0.4, 0.5) is 0 Å². The van der Waals surface area contributed by atoms with Crippen molar-refractivity contribution in [2.75, 3.05) is 0 Å². The molecule has 0 aliphatic heterocycles. The number of hydrogen-bond donors (Lipinski definition) is 0. The second kappa shape index (κ2) is 10.4. The highest BCUT2D eigenvalue weighted by atomic mass is 16.3. The lowest BCUT2D eigenvalue weighted by Crippen LogP contribution is -2.10. The van der Waals surface area contributed by atoms with Gasteiger partial charge in [-0.25, -0.2) is 0 Å². The lowest BCUT2D eigenvalue weighted by molar-refractivity contribution is 0.432. The Hall–Kier alpha value is -5.66. The summed E-state index contributed by atoms with van der Waals surface area (Å²) in [6.07, 6.45) is 0. The highest BCUT2D eigenvalue weighted by Gasteiger charge is 2.27. The van der Waals surface area contributed by atoms with Crippen molar-refractivity contribution in [1.82, 2.24) is 0 Å². The van der Waals surface area contributed by atoms with Crippen molar-refractivity contribution in [2.45, 2.75) is 26.2 Å². The molecule has 8 aromatic carbocycles. The summed E-state index contributed by atoms with van der Waals surface area (Å²) in [5.74, 6) is 0.780. The molecule has 0 spiro atoms. The Kier molecular flexibility index (Phi) is 4.54. The lowest BCUT2D eigenvalue weighted by Gasteiger charge is -2.19. The summed E-state index contributed by atoms with van der Waals surface area (Å²) in [6.45, 7) is 6.25. The van der Waals surface area contributed by atoms with Crippen molar-refractivity contribution in [1.29, 1.82) is 0 Å². The molecule has 0 amide bonds. The van der Waals surface area contributed by atoms with Crippen molar-refractivity contribution in [2.24, 2.45) is 0 Å². The van der Waals surface area contributed by atoms with Gasteiger partial charge in [-0.05, 0) is 83.0 Å². The van der Waals surface area contributed by atoms with Gasteiger partial charge in [0.15, 0.2) is 0 Å². The molecule has 0 atom stereocenters. The zero-order valence-corrected chi connectivity index (χ0v) is 26.2. The molecule has 0 saturated heterocycles. The third kappa shape index (κ3) is 4.31. The topological polar surface area (TPSA) is 13.1 Å². The molecule has 0 aliphatic rings. The average molecular weight is 611 g/mol. The van der Waals surface area contributed by atoms with Gasteiger partial charge in [0, 0.05) is 16.4 Å². The van der Waals surface area contributed by atoms with Crippen LogP contribution in [0.25, 0.3) is 87.4 Å². The predicted octanol–water partition coefficient (Wildman–Crippen LogP) is 13.3. The Bertz CT molecular complexity index is 3020. The SMILES string of the molecule is [2H]c1c([2H])c([2H])c2c(-c3cccc4ccc5ccccc5c34)c3c([2H])c([2H])c([2H])c([2H])c3c(-c3ccc4c(-c5ccccc5)c(C(C)(C)C)oc4c3)c2c1[2H]. The zero-order valence-electron chi connectivity index (χ0n) is 34.2. The minimum atomic E-state index is -0.436. The van der Waals surface area contributed by atoms with E-state index in [1.807, 2.05) is 103 Å². The number of furan rings is 1. The molecule has 1 heteroatoms. The normalized spacial score (nSPS) is 14.5. The Morgan fingerprint density at radius 3 is 1.81 bits per heavy atom. The van der Waals surface area contributed by atoms with Gasteiger partial charge in [-0.1, -0.05) is 160 Å². The third-order valence-corrected chi connectivity index (χ3v) is 9.14. The van der Waals surface area contributed by atoms with Gasteiger partial charge in [0.05, 0.1) is 11.0 Å².